The predicted molar refractivity (Wildman–Crippen MR) is 105 cm³/mol. The number of nitrogens with zero attached hydrogens (tertiary/aromatic N) is 2. The molecule has 5 rings (SSSR count). The SMILES string of the molecule is Clc1ccc2c(c1)-c1nc(-c3ccncc3)sc1-c1ccccc1S2. The van der Waals surface area contributed by atoms with Gasteiger partial charge in [0.2, 0.25) is 0 Å². The molecule has 2 aromatic heterocycles. The van der Waals surface area contributed by atoms with E-state index in [-0.39, 0.29) is 0 Å². The Hall–Kier alpha value is -2.14. The van der Waals surface area contributed by atoms with E-state index in [1.54, 1.807) is 35.5 Å². The second kappa shape index (κ2) is 5.99. The van der Waals surface area contributed by atoms with Crippen LogP contribution in [0.3, 0.4) is 0 Å². The lowest BCUT2D eigenvalue weighted by Crippen LogP contribution is -1.84. The van der Waals surface area contributed by atoms with Crippen LogP contribution in [0.1, 0.15) is 0 Å². The second-order valence-corrected chi connectivity index (χ2v) is 8.19. The molecule has 0 radical (unpaired) electrons. The number of rotatable bonds is 1. The van der Waals surface area contributed by atoms with Crippen molar-refractivity contribution in [1.82, 2.24) is 9.97 Å². The van der Waals surface area contributed by atoms with Gasteiger partial charge in [0, 0.05) is 43.9 Å². The summed E-state index contributed by atoms with van der Waals surface area (Å²) in [6.45, 7) is 0. The predicted octanol–water partition coefficient (Wildman–Crippen LogP) is 6.66. The molecule has 0 spiro atoms. The molecule has 120 valence electrons. The zero-order valence-electron chi connectivity index (χ0n) is 12.9. The van der Waals surface area contributed by atoms with Gasteiger partial charge >= 0.3 is 0 Å². The molecule has 0 atom stereocenters. The zero-order chi connectivity index (χ0) is 16.8. The Labute approximate surface area is 158 Å². The highest BCUT2D eigenvalue weighted by atomic mass is 35.5. The zero-order valence-corrected chi connectivity index (χ0v) is 15.3. The molecular formula is C20H11ClN2S2. The molecule has 0 unspecified atom stereocenters. The summed E-state index contributed by atoms with van der Waals surface area (Å²) in [5.41, 5.74) is 4.42. The van der Waals surface area contributed by atoms with Crippen LogP contribution >= 0.6 is 34.7 Å². The van der Waals surface area contributed by atoms with E-state index in [4.69, 9.17) is 16.6 Å². The Bertz CT molecular complexity index is 1090. The van der Waals surface area contributed by atoms with Gasteiger partial charge in [-0.3, -0.25) is 4.98 Å². The molecule has 1 aliphatic heterocycles. The highest BCUT2D eigenvalue weighted by Crippen LogP contribution is 2.51. The van der Waals surface area contributed by atoms with Crippen molar-refractivity contribution in [3.05, 3.63) is 72.0 Å². The van der Waals surface area contributed by atoms with E-state index in [9.17, 15) is 0 Å². The van der Waals surface area contributed by atoms with Crippen LogP contribution in [0, 0.1) is 0 Å². The maximum atomic E-state index is 6.29. The van der Waals surface area contributed by atoms with Crippen molar-refractivity contribution < 1.29 is 0 Å². The number of pyridine rings is 1. The summed E-state index contributed by atoms with van der Waals surface area (Å²) in [4.78, 5) is 12.7. The molecule has 25 heavy (non-hydrogen) atoms. The number of hydrogen-bond acceptors (Lipinski definition) is 4. The Morgan fingerprint density at radius 2 is 1.64 bits per heavy atom. The monoisotopic (exact) mass is 378 g/mol. The number of benzene rings is 2. The lowest BCUT2D eigenvalue weighted by Gasteiger charge is -2.06. The van der Waals surface area contributed by atoms with Gasteiger partial charge in [0.05, 0.1) is 10.6 Å². The van der Waals surface area contributed by atoms with Crippen LogP contribution in [-0.2, 0) is 0 Å². The average molecular weight is 379 g/mol. The van der Waals surface area contributed by atoms with Crippen LogP contribution in [0.4, 0.5) is 0 Å². The van der Waals surface area contributed by atoms with Crippen molar-refractivity contribution in [2.24, 2.45) is 0 Å². The van der Waals surface area contributed by atoms with Crippen LogP contribution in [0.2, 0.25) is 5.02 Å². The molecule has 3 heterocycles. The van der Waals surface area contributed by atoms with E-state index in [0.29, 0.717) is 0 Å². The van der Waals surface area contributed by atoms with Crippen molar-refractivity contribution in [3.63, 3.8) is 0 Å². The summed E-state index contributed by atoms with van der Waals surface area (Å²) in [5.74, 6) is 0. The largest absolute Gasteiger partial charge is 0.265 e. The van der Waals surface area contributed by atoms with Crippen LogP contribution in [0.15, 0.2) is 76.8 Å². The van der Waals surface area contributed by atoms with Gasteiger partial charge in [-0.1, -0.05) is 41.6 Å². The van der Waals surface area contributed by atoms with E-state index in [0.717, 1.165) is 26.9 Å². The topological polar surface area (TPSA) is 25.8 Å². The second-order valence-electron chi connectivity index (χ2n) is 5.67. The fourth-order valence-corrected chi connectivity index (χ4v) is 5.37. The molecule has 0 amide bonds. The molecule has 0 bridgehead atoms. The maximum absolute atomic E-state index is 6.29. The van der Waals surface area contributed by atoms with Gasteiger partial charge in [0.25, 0.3) is 0 Å². The van der Waals surface area contributed by atoms with E-state index >= 15 is 0 Å². The minimum atomic E-state index is 0.731. The fourth-order valence-electron chi connectivity index (χ4n) is 2.94. The first-order chi connectivity index (χ1) is 12.3. The first-order valence-electron chi connectivity index (χ1n) is 7.78. The first-order valence-corrected chi connectivity index (χ1v) is 9.79. The highest BCUT2D eigenvalue weighted by molar-refractivity contribution is 7.99. The summed E-state index contributed by atoms with van der Waals surface area (Å²) in [6, 6.07) is 18.5. The Kier molecular flexibility index (Phi) is 3.63. The van der Waals surface area contributed by atoms with Crippen molar-refractivity contribution in [2.45, 2.75) is 9.79 Å². The molecule has 0 saturated heterocycles. The number of hydrogen-bond donors (Lipinski definition) is 0. The summed E-state index contributed by atoms with van der Waals surface area (Å²) >= 11 is 9.78. The summed E-state index contributed by atoms with van der Waals surface area (Å²) in [7, 11) is 0. The van der Waals surface area contributed by atoms with E-state index in [2.05, 4.69) is 35.3 Å². The van der Waals surface area contributed by atoms with Gasteiger partial charge < -0.3 is 0 Å². The van der Waals surface area contributed by atoms with Crippen molar-refractivity contribution in [1.29, 1.82) is 0 Å². The number of fused-ring (bicyclic) bond motifs is 5. The van der Waals surface area contributed by atoms with Crippen LogP contribution in [-0.4, -0.2) is 9.97 Å². The molecule has 1 aliphatic rings. The number of thiazole rings is 1. The number of halogens is 1. The van der Waals surface area contributed by atoms with Gasteiger partial charge in [0.15, 0.2) is 0 Å². The van der Waals surface area contributed by atoms with Crippen molar-refractivity contribution in [3.8, 4) is 32.3 Å². The lowest BCUT2D eigenvalue weighted by molar-refractivity contribution is 1.31. The molecule has 0 saturated carbocycles. The first kappa shape index (κ1) is 15.1. The van der Waals surface area contributed by atoms with Crippen LogP contribution < -0.4 is 0 Å². The lowest BCUT2D eigenvalue weighted by atomic mass is 10.1. The van der Waals surface area contributed by atoms with E-state index in [1.807, 2.05) is 24.3 Å². The van der Waals surface area contributed by atoms with Gasteiger partial charge in [-0.15, -0.1) is 11.3 Å². The third-order valence-electron chi connectivity index (χ3n) is 4.10. The quantitative estimate of drug-likeness (QED) is 0.326. The van der Waals surface area contributed by atoms with Gasteiger partial charge in [0.1, 0.15) is 5.01 Å². The van der Waals surface area contributed by atoms with Gasteiger partial charge in [-0.2, -0.15) is 0 Å². The average Bonchev–Trinajstić information content (AvgIpc) is 3.05. The smallest absolute Gasteiger partial charge is 0.124 e. The van der Waals surface area contributed by atoms with E-state index in [1.165, 1.54) is 20.2 Å². The summed E-state index contributed by atoms with van der Waals surface area (Å²) < 4.78 is 0. The number of aromatic nitrogens is 2. The molecule has 0 aliphatic carbocycles. The third kappa shape index (κ3) is 2.58. The maximum Gasteiger partial charge on any atom is 0.124 e. The van der Waals surface area contributed by atoms with Crippen molar-refractivity contribution >= 4 is 34.7 Å². The molecule has 5 heteroatoms. The Morgan fingerprint density at radius 3 is 2.52 bits per heavy atom. The summed E-state index contributed by atoms with van der Waals surface area (Å²) in [6.07, 6.45) is 3.60. The molecule has 0 fully saturated rings. The van der Waals surface area contributed by atoms with Gasteiger partial charge in [-0.25, -0.2) is 4.98 Å². The Morgan fingerprint density at radius 1 is 0.840 bits per heavy atom. The molecule has 0 N–H and O–H groups in total. The molecule has 4 aromatic rings. The van der Waals surface area contributed by atoms with E-state index < -0.39 is 0 Å². The highest BCUT2D eigenvalue weighted by Gasteiger charge is 2.24. The van der Waals surface area contributed by atoms with Gasteiger partial charge in [-0.05, 0) is 36.4 Å². The fraction of sp³-hybridized carbons (Fsp3) is 0. The molecular weight excluding hydrogens is 368 g/mol. The minimum absolute atomic E-state index is 0.731. The normalized spacial score (nSPS) is 12.0. The van der Waals surface area contributed by atoms with Crippen LogP contribution in [0.5, 0.6) is 0 Å². The molecule has 2 aromatic carbocycles. The minimum Gasteiger partial charge on any atom is -0.265 e. The third-order valence-corrected chi connectivity index (χ3v) is 6.63. The Balaban J connectivity index is 1.82. The van der Waals surface area contributed by atoms with Crippen molar-refractivity contribution in [2.75, 3.05) is 0 Å². The summed E-state index contributed by atoms with van der Waals surface area (Å²) in [5, 5.41) is 1.73. The van der Waals surface area contributed by atoms with Crippen LogP contribution in [0.25, 0.3) is 32.3 Å². The standard InChI is InChI=1S/C20H11ClN2S2/c21-13-5-6-17-15(11-13)18-19(14-3-1-2-4-16(14)24-17)25-20(23-18)12-7-9-22-10-8-12/h1-11H. The molecule has 2 nitrogen and oxygen atoms in total.